The Balaban J connectivity index is 2.56. The van der Waals surface area contributed by atoms with Crippen LogP contribution in [0.1, 0.15) is 25.0 Å². The molecule has 0 saturated heterocycles. The molecule has 8 heteroatoms. The third-order valence-corrected chi connectivity index (χ3v) is 3.27. The Labute approximate surface area is 121 Å². The molecule has 0 saturated carbocycles. The van der Waals surface area contributed by atoms with Gasteiger partial charge in [0.2, 0.25) is 5.95 Å². The van der Waals surface area contributed by atoms with Crippen LogP contribution >= 0.6 is 11.8 Å². The Hall–Kier alpha value is -1.18. The van der Waals surface area contributed by atoms with Gasteiger partial charge in [-0.25, -0.2) is 4.98 Å². The van der Waals surface area contributed by atoms with Gasteiger partial charge in [-0.3, -0.25) is 0 Å². The van der Waals surface area contributed by atoms with Crippen molar-refractivity contribution in [2.75, 3.05) is 36.2 Å². The summed E-state index contributed by atoms with van der Waals surface area (Å²) in [4.78, 5) is 7.36. The van der Waals surface area contributed by atoms with Crippen molar-refractivity contribution in [1.82, 2.24) is 9.97 Å². The minimum atomic E-state index is -4.47. The molecule has 0 radical (unpaired) electrons. The molecule has 4 nitrogen and oxygen atoms in total. The lowest BCUT2D eigenvalue weighted by atomic mass is 10.2. The molecule has 0 aliphatic carbocycles. The normalized spacial score (nSPS) is 11.4. The van der Waals surface area contributed by atoms with E-state index >= 15 is 0 Å². The fraction of sp³-hybridized carbons (Fsp3) is 0.667. The predicted molar refractivity (Wildman–Crippen MR) is 77.3 cm³/mol. The highest BCUT2D eigenvalue weighted by atomic mass is 32.2. The zero-order chi connectivity index (χ0) is 15.0. The monoisotopic (exact) mass is 308 g/mol. The topological polar surface area (TPSA) is 49.8 Å². The van der Waals surface area contributed by atoms with E-state index in [1.165, 1.54) is 7.05 Å². The molecule has 0 unspecified atom stereocenters. The molecule has 0 bridgehead atoms. The molecule has 1 rings (SSSR count). The van der Waals surface area contributed by atoms with Gasteiger partial charge in [0.15, 0.2) is 5.69 Å². The summed E-state index contributed by atoms with van der Waals surface area (Å²) in [5, 5.41) is 5.44. The van der Waals surface area contributed by atoms with Crippen LogP contribution in [0.5, 0.6) is 0 Å². The number of rotatable bonds is 8. The molecule has 2 N–H and O–H groups in total. The first-order valence-electron chi connectivity index (χ1n) is 6.34. The van der Waals surface area contributed by atoms with Crippen molar-refractivity contribution in [3.63, 3.8) is 0 Å². The van der Waals surface area contributed by atoms with Gasteiger partial charge in [-0.05, 0) is 24.9 Å². The van der Waals surface area contributed by atoms with Gasteiger partial charge >= 0.3 is 6.18 Å². The lowest BCUT2D eigenvalue weighted by Crippen LogP contribution is -2.13. The summed E-state index contributed by atoms with van der Waals surface area (Å²) in [5.41, 5.74) is -0.943. The summed E-state index contributed by atoms with van der Waals surface area (Å²) in [6, 6.07) is 0.933. The minimum Gasteiger partial charge on any atom is -0.370 e. The minimum absolute atomic E-state index is 0.0373. The molecule has 0 atom stereocenters. The van der Waals surface area contributed by atoms with Crippen molar-refractivity contribution in [1.29, 1.82) is 0 Å². The summed E-state index contributed by atoms with van der Waals surface area (Å²) in [6.45, 7) is 0.603. The van der Waals surface area contributed by atoms with E-state index in [1.54, 1.807) is 11.8 Å². The van der Waals surface area contributed by atoms with E-state index < -0.39 is 11.9 Å². The van der Waals surface area contributed by atoms with Crippen LogP contribution in [0.2, 0.25) is 0 Å². The SMILES string of the molecule is CNc1nc(NCCCCCSC)cc(C(F)(F)F)n1. The number of thioether (sulfide) groups is 1. The third kappa shape index (κ3) is 5.85. The van der Waals surface area contributed by atoms with Crippen molar-refractivity contribution in [2.45, 2.75) is 25.4 Å². The van der Waals surface area contributed by atoms with Gasteiger partial charge < -0.3 is 10.6 Å². The first-order valence-corrected chi connectivity index (χ1v) is 7.73. The highest BCUT2D eigenvalue weighted by Crippen LogP contribution is 2.29. The van der Waals surface area contributed by atoms with Crippen LogP contribution < -0.4 is 10.6 Å². The van der Waals surface area contributed by atoms with E-state index in [0.29, 0.717) is 6.54 Å². The van der Waals surface area contributed by atoms with E-state index in [-0.39, 0.29) is 11.8 Å². The number of halogens is 3. The molecule has 0 aliphatic heterocycles. The lowest BCUT2D eigenvalue weighted by Gasteiger charge is -2.11. The molecule has 1 heterocycles. The standard InChI is InChI=1S/C12H19F3N4S/c1-16-11-18-9(12(13,14)15)8-10(19-11)17-6-4-3-5-7-20-2/h8H,3-7H2,1-2H3,(H2,16,17,18,19). The first-order chi connectivity index (χ1) is 9.47. The van der Waals surface area contributed by atoms with E-state index in [4.69, 9.17) is 0 Å². The van der Waals surface area contributed by atoms with Gasteiger partial charge in [-0.2, -0.15) is 29.9 Å². The largest absolute Gasteiger partial charge is 0.433 e. The number of anilines is 2. The second-order valence-electron chi connectivity index (χ2n) is 4.19. The highest BCUT2D eigenvalue weighted by Gasteiger charge is 2.33. The fourth-order valence-electron chi connectivity index (χ4n) is 1.56. The fourth-order valence-corrected chi connectivity index (χ4v) is 2.05. The average Bonchev–Trinajstić information content (AvgIpc) is 2.41. The maximum atomic E-state index is 12.7. The van der Waals surface area contributed by atoms with Crippen molar-refractivity contribution in [3.8, 4) is 0 Å². The molecule has 0 aliphatic rings. The molecule has 0 amide bonds. The zero-order valence-electron chi connectivity index (χ0n) is 11.5. The van der Waals surface area contributed by atoms with Gasteiger partial charge in [-0.1, -0.05) is 6.42 Å². The summed E-state index contributed by atoms with van der Waals surface area (Å²) in [5.74, 6) is 1.27. The van der Waals surface area contributed by atoms with Crippen molar-refractivity contribution in [2.24, 2.45) is 0 Å². The summed E-state index contributed by atoms with van der Waals surface area (Å²) in [6.07, 6.45) is 0.646. The molecular weight excluding hydrogens is 289 g/mol. The van der Waals surface area contributed by atoms with Gasteiger partial charge in [0.25, 0.3) is 0 Å². The van der Waals surface area contributed by atoms with Crippen molar-refractivity contribution >= 4 is 23.5 Å². The van der Waals surface area contributed by atoms with Gasteiger partial charge in [0, 0.05) is 19.7 Å². The van der Waals surface area contributed by atoms with Crippen LogP contribution in [0, 0.1) is 0 Å². The van der Waals surface area contributed by atoms with Crippen LogP contribution in [-0.4, -0.2) is 35.6 Å². The maximum absolute atomic E-state index is 12.7. The molecule has 1 aromatic heterocycles. The summed E-state index contributed by atoms with van der Waals surface area (Å²) < 4.78 is 38.0. The molecule has 20 heavy (non-hydrogen) atoms. The Kier molecular flexibility index (Phi) is 6.90. The second-order valence-corrected chi connectivity index (χ2v) is 5.18. The molecule has 1 aromatic rings. The van der Waals surface area contributed by atoms with Crippen molar-refractivity contribution < 1.29 is 13.2 Å². The molecule has 0 spiro atoms. The first kappa shape index (κ1) is 16.9. The number of alkyl halides is 3. The maximum Gasteiger partial charge on any atom is 0.433 e. The van der Waals surface area contributed by atoms with Crippen LogP contribution in [0.3, 0.4) is 0 Å². The van der Waals surface area contributed by atoms with Crippen LogP contribution in [0.15, 0.2) is 6.07 Å². The quantitative estimate of drug-likeness (QED) is 0.720. The Morgan fingerprint density at radius 2 is 1.95 bits per heavy atom. The molecule has 114 valence electrons. The smallest absolute Gasteiger partial charge is 0.370 e. The van der Waals surface area contributed by atoms with Crippen LogP contribution in [0.25, 0.3) is 0 Å². The number of nitrogens with zero attached hydrogens (tertiary/aromatic N) is 2. The highest BCUT2D eigenvalue weighted by molar-refractivity contribution is 7.98. The summed E-state index contributed by atoms with van der Waals surface area (Å²) in [7, 11) is 1.49. The Bertz CT molecular complexity index is 412. The number of nitrogens with one attached hydrogen (secondary N) is 2. The third-order valence-electron chi connectivity index (χ3n) is 2.57. The molecular formula is C12H19F3N4S. The number of unbranched alkanes of at least 4 members (excludes halogenated alkanes) is 2. The Morgan fingerprint density at radius 3 is 2.55 bits per heavy atom. The van der Waals surface area contributed by atoms with Crippen molar-refractivity contribution in [3.05, 3.63) is 11.8 Å². The predicted octanol–water partition coefficient (Wildman–Crippen LogP) is 3.48. The second kappa shape index (κ2) is 8.18. The van der Waals surface area contributed by atoms with E-state index in [2.05, 4.69) is 26.9 Å². The van der Waals surface area contributed by atoms with Crippen LogP contribution in [0.4, 0.5) is 24.9 Å². The van der Waals surface area contributed by atoms with E-state index in [1.807, 2.05) is 0 Å². The molecule has 0 fully saturated rings. The summed E-state index contributed by atoms with van der Waals surface area (Å²) >= 11 is 1.79. The van der Waals surface area contributed by atoms with E-state index in [9.17, 15) is 13.2 Å². The Morgan fingerprint density at radius 1 is 1.20 bits per heavy atom. The zero-order valence-corrected chi connectivity index (χ0v) is 12.4. The number of hydrogen-bond acceptors (Lipinski definition) is 5. The molecule has 0 aromatic carbocycles. The van der Waals surface area contributed by atoms with Gasteiger partial charge in [0.05, 0.1) is 0 Å². The number of hydrogen-bond donors (Lipinski definition) is 2. The van der Waals surface area contributed by atoms with Gasteiger partial charge in [-0.15, -0.1) is 0 Å². The average molecular weight is 308 g/mol. The lowest BCUT2D eigenvalue weighted by molar-refractivity contribution is -0.141. The number of aromatic nitrogens is 2. The van der Waals surface area contributed by atoms with Crippen LogP contribution in [-0.2, 0) is 6.18 Å². The van der Waals surface area contributed by atoms with Gasteiger partial charge in [0.1, 0.15) is 5.82 Å². The van der Waals surface area contributed by atoms with E-state index in [0.717, 1.165) is 31.1 Å².